The van der Waals surface area contributed by atoms with E-state index in [1.54, 1.807) is 26.4 Å². The number of halogens is 2. The molecule has 0 fully saturated rings. The Balaban J connectivity index is 1.91. The Labute approximate surface area is 167 Å². The summed E-state index contributed by atoms with van der Waals surface area (Å²) >= 11 is 6.80. The molecule has 0 unspecified atom stereocenters. The summed E-state index contributed by atoms with van der Waals surface area (Å²) in [6.07, 6.45) is 2.99. The summed E-state index contributed by atoms with van der Waals surface area (Å²) in [5.41, 5.74) is 6.17. The van der Waals surface area contributed by atoms with Crippen molar-refractivity contribution in [1.29, 1.82) is 0 Å². The number of amides is 2. The summed E-state index contributed by atoms with van der Waals surface area (Å²) in [6, 6.07) is 10.3. The van der Waals surface area contributed by atoms with Crippen molar-refractivity contribution in [1.82, 2.24) is 10.9 Å². The van der Waals surface area contributed by atoms with Crippen molar-refractivity contribution in [3.05, 3.63) is 56.5 Å². The van der Waals surface area contributed by atoms with E-state index in [1.165, 1.54) is 12.4 Å². The zero-order valence-electron chi connectivity index (χ0n) is 14.0. The smallest absolute Gasteiger partial charge is 0.355 e. The van der Waals surface area contributed by atoms with Gasteiger partial charge in [-0.25, -0.2) is 15.6 Å². The predicted octanol–water partition coefficient (Wildman–Crippen LogP) is 3.90. The molecule has 2 aromatic rings. The predicted molar refractivity (Wildman–Crippen MR) is 108 cm³/mol. The lowest BCUT2D eigenvalue weighted by Crippen LogP contribution is -2.28. The van der Waals surface area contributed by atoms with Gasteiger partial charge in [0, 0.05) is 20.1 Å². The summed E-state index contributed by atoms with van der Waals surface area (Å²) in [5, 5.41) is 7.75. The topological polar surface area (TPSA) is 84.3 Å². The molecule has 0 spiro atoms. The molecule has 136 valence electrons. The first-order valence-corrected chi connectivity index (χ1v) is 8.91. The number of ether oxygens (including phenoxy) is 2. The van der Waals surface area contributed by atoms with Crippen LogP contribution in [0.4, 0.5) is 4.79 Å². The number of rotatable bonds is 6. The van der Waals surface area contributed by atoms with E-state index in [2.05, 4.69) is 52.9 Å². The lowest BCUT2D eigenvalue weighted by atomic mass is 10.2. The lowest BCUT2D eigenvalue weighted by molar-refractivity contribution is 0.242. The van der Waals surface area contributed by atoms with Gasteiger partial charge in [0.05, 0.1) is 26.6 Å². The third-order valence-corrected chi connectivity index (χ3v) is 4.59. The van der Waals surface area contributed by atoms with Gasteiger partial charge in [0.25, 0.3) is 0 Å². The minimum absolute atomic E-state index is 0.574. The van der Waals surface area contributed by atoms with Crippen LogP contribution in [-0.2, 0) is 0 Å². The van der Waals surface area contributed by atoms with Gasteiger partial charge < -0.3 is 9.47 Å². The maximum atomic E-state index is 11.7. The average molecular weight is 484 g/mol. The minimum Gasteiger partial charge on any atom is -0.497 e. The van der Waals surface area contributed by atoms with Gasteiger partial charge in [-0.3, -0.25) is 0 Å². The monoisotopic (exact) mass is 482 g/mol. The number of urea groups is 1. The van der Waals surface area contributed by atoms with E-state index < -0.39 is 6.03 Å². The number of carbonyl (C=O) groups is 1. The van der Waals surface area contributed by atoms with Crippen LogP contribution in [0, 0.1) is 0 Å². The summed E-state index contributed by atoms with van der Waals surface area (Å²) in [6.45, 7) is 0. The summed E-state index contributed by atoms with van der Waals surface area (Å²) in [5.74, 6) is 1.38. The van der Waals surface area contributed by atoms with Gasteiger partial charge in [0.1, 0.15) is 11.5 Å². The van der Waals surface area contributed by atoms with Crippen LogP contribution in [0.5, 0.6) is 11.5 Å². The largest absolute Gasteiger partial charge is 0.497 e. The maximum Gasteiger partial charge on any atom is 0.355 e. The SMILES string of the molecule is COc1ccc(Br)c(/C=N\NC(=O)N/N=C\c2cc(OC)ccc2Br)c1. The highest BCUT2D eigenvalue weighted by atomic mass is 79.9. The fourth-order valence-electron chi connectivity index (χ4n) is 1.84. The second kappa shape index (κ2) is 9.93. The van der Waals surface area contributed by atoms with Crippen molar-refractivity contribution in [3.63, 3.8) is 0 Å². The highest BCUT2D eigenvalue weighted by Crippen LogP contribution is 2.21. The van der Waals surface area contributed by atoms with Crippen molar-refractivity contribution >= 4 is 50.3 Å². The van der Waals surface area contributed by atoms with Gasteiger partial charge in [-0.2, -0.15) is 10.2 Å². The van der Waals surface area contributed by atoms with Crippen LogP contribution in [0.2, 0.25) is 0 Å². The molecule has 0 bridgehead atoms. The van der Waals surface area contributed by atoms with E-state index in [0.29, 0.717) is 11.5 Å². The minimum atomic E-state index is -0.574. The van der Waals surface area contributed by atoms with Gasteiger partial charge in [-0.15, -0.1) is 0 Å². The molecule has 0 aliphatic heterocycles. The number of hydrazone groups is 2. The average Bonchev–Trinajstić information content (AvgIpc) is 2.64. The second-order valence-electron chi connectivity index (χ2n) is 4.84. The van der Waals surface area contributed by atoms with Crippen LogP contribution in [0.1, 0.15) is 11.1 Å². The van der Waals surface area contributed by atoms with E-state index in [0.717, 1.165) is 20.1 Å². The van der Waals surface area contributed by atoms with Crippen molar-refractivity contribution in [3.8, 4) is 11.5 Å². The quantitative estimate of drug-likeness (QED) is 0.482. The number of methoxy groups -OCH3 is 2. The van der Waals surface area contributed by atoms with Crippen LogP contribution in [0.25, 0.3) is 0 Å². The molecule has 0 aromatic heterocycles. The number of carbonyl (C=O) groups excluding carboxylic acids is 1. The molecular weight excluding hydrogens is 468 g/mol. The van der Waals surface area contributed by atoms with Crippen LogP contribution < -0.4 is 20.3 Å². The van der Waals surface area contributed by atoms with E-state index in [9.17, 15) is 4.79 Å². The Bertz CT molecular complexity index is 773. The van der Waals surface area contributed by atoms with Gasteiger partial charge in [0.15, 0.2) is 0 Å². The zero-order chi connectivity index (χ0) is 18.9. The molecule has 2 rings (SSSR count). The number of nitrogens with zero attached hydrogens (tertiary/aromatic N) is 2. The van der Waals surface area contributed by atoms with E-state index >= 15 is 0 Å². The molecule has 2 N–H and O–H groups in total. The standard InChI is InChI=1S/C17H16Br2N4O3/c1-25-13-3-5-15(18)11(7-13)9-20-22-17(24)23-21-10-12-8-14(26-2)4-6-16(12)19/h3-10H,1-2H3,(H2,22,23,24)/b20-9-,21-10-. The Kier molecular flexibility index (Phi) is 7.61. The summed E-state index contributed by atoms with van der Waals surface area (Å²) in [4.78, 5) is 11.7. The molecule has 9 heteroatoms. The molecular formula is C17H16Br2N4O3. The number of nitrogens with one attached hydrogen (secondary N) is 2. The number of hydrogen-bond acceptors (Lipinski definition) is 5. The Morgan fingerprint density at radius 1 is 0.885 bits per heavy atom. The third-order valence-electron chi connectivity index (χ3n) is 3.15. The van der Waals surface area contributed by atoms with Crippen molar-refractivity contribution < 1.29 is 14.3 Å². The molecule has 0 saturated heterocycles. The third kappa shape index (κ3) is 5.85. The van der Waals surface area contributed by atoms with Gasteiger partial charge in [0.2, 0.25) is 0 Å². The van der Waals surface area contributed by atoms with Crippen LogP contribution in [0.15, 0.2) is 55.5 Å². The fourth-order valence-corrected chi connectivity index (χ4v) is 2.54. The molecule has 7 nitrogen and oxygen atoms in total. The van der Waals surface area contributed by atoms with Crippen LogP contribution in [-0.4, -0.2) is 32.7 Å². The van der Waals surface area contributed by atoms with E-state index in [-0.39, 0.29) is 0 Å². The maximum absolute atomic E-state index is 11.7. The van der Waals surface area contributed by atoms with Crippen molar-refractivity contribution in [2.75, 3.05) is 14.2 Å². The molecule has 0 aliphatic rings. The number of hydrogen-bond donors (Lipinski definition) is 2. The first kappa shape index (κ1) is 19.9. The normalized spacial score (nSPS) is 10.9. The highest BCUT2D eigenvalue weighted by Gasteiger charge is 2.02. The van der Waals surface area contributed by atoms with Crippen molar-refractivity contribution in [2.45, 2.75) is 0 Å². The molecule has 0 heterocycles. The van der Waals surface area contributed by atoms with Gasteiger partial charge in [-0.05, 0) is 36.4 Å². The van der Waals surface area contributed by atoms with Gasteiger partial charge >= 0.3 is 6.03 Å². The van der Waals surface area contributed by atoms with Gasteiger partial charge in [-0.1, -0.05) is 31.9 Å². The zero-order valence-corrected chi connectivity index (χ0v) is 17.2. The van der Waals surface area contributed by atoms with E-state index in [1.807, 2.05) is 24.3 Å². The first-order chi connectivity index (χ1) is 12.5. The second-order valence-corrected chi connectivity index (χ2v) is 6.55. The summed E-state index contributed by atoms with van der Waals surface area (Å²) < 4.78 is 11.9. The van der Waals surface area contributed by atoms with Crippen LogP contribution in [0.3, 0.4) is 0 Å². The van der Waals surface area contributed by atoms with E-state index in [4.69, 9.17) is 9.47 Å². The summed E-state index contributed by atoms with van der Waals surface area (Å²) in [7, 11) is 3.16. The number of benzene rings is 2. The Hall–Kier alpha value is -2.39. The van der Waals surface area contributed by atoms with Crippen molar-refractivity contribution in [2.24, 2.45) is 10.2 Å². The Morgan fingerprint density at radius 2 is 1.31 bits per heavy atom. The Morgan fingerprint density at radius 3 is 1.69 bits per heavy atom. The molecule has 0 atom stereocenters. The molecule has 0 saturated carbocycles. The highest BCUT2D eigenvalue weighted by molar-refractivity contribution is 9.10. The lowest BCUT2D eigenvalue weighted by Gasteiger charge is -2.04. The first-order valence-electron chi connectivity index (χ1n) is 7.32. The fraction of sp³-hybridized carbons (Fsp3) is 0.118. The molecule has 2 aromatic carbocycles. The van der Waals surface area contributed by atoms with Crippen LogP contribution >= 0.6 is 31.9 Å². The molecule has 2 amide bonds. The molecule has 0 aliphatic carbocycles. The molecule has 26 heavy (non-hydrogen) atoms. The molecule has 0 radical (unpaired) electrons.